The lowest BCUT2D eigenvalue weighted by molar-refractivity contribution is -0.116. The fraction of sp³-hybridized carbons (Fsp3) is 0.545. The third-order valence-electron chi connectivity index (χ3n) is 5.93. The molecule has 0 unspecified atom stereocenters. The van der Waals surface area contributed by atoms with Crippen LogP contribution < -0.4 is 5.32 Å². The van der Waals surface area contributed by atoms with E-state index in [4.69, 9.17) is 0 Å². The highest BCUT2D eigenvalue weighted by Crippen LogP contribution is 2.25. The highest BCUT2D eigenvalue weighted by Gasteiger charge is 2.26. The number of unbranched alkanes of at least 4 members (excludes halogenated alkanes) is 1. The van der Waals surface area contributed by atoms with Crippen LogP contribution in [0.15, 0.2) is 23.1 Å². The molecular formula is C22H30N6O3S2. The lowest BCUT2D eigenvalue weighted by Crippen LogP contribution is -2.35. The molecule has 0 bridgehead atoms. The van der Waals surface area contributed by atoms with E-state index in [2.05, 4.69) is 27.4 Å². The molecule has 0 saturated carbocycles. The zero-order valence-electron chi connectivity index (χ0n) is 19.1. The first-order chi connectivity index (χ1) is 15.9. The summed E-state index contributed by atoms with van der Waals surface area (Å²) in [6.07, 6.45) is 6.57. The maximum absolute atomic E-state index is 13.0. The van der Waals surface area contributed by atoms with Gasteiger partial charge >= 0.3 is 0 Å². The largest absolute Gasteiger partial charge is 0.331 e. The molecule has 0 radical (unpaired) electrons. The third-order valence-corrected chi connectivity index (χ3v) is 8.72. The van der Waals surface area contributed by atoms with Crippen LogP contribution in [0.4, 0.5) is 5.13 Å². The Balaban J connectivity index is 1.42. The number of hydrogen-bond donors (Lipinski definition) is 1. The Labute approximate surface area is 198 Å². The Morgan fingerprint density at radius 2 is 1.94 bits per heavy atom. The number of aryl methyl sites for hydroxylation is 3. The molecule has 0 aliphatic carbocycles. The van der Waals surface area contributed by atoms with Gasteiger partial charge in [-0.3, -0.25) is 4.79 Å². The van der Waals surface area contributed by atoms with Crippen molar-refractivity contribution >= 4 is 43.4 Å². The highest BCUT2D eigenvalue weighted by atomic mass is 32.2. The van der Waals surface area contributed by atoms with Crippen LogP contribution in [0, 0.1) is 0 Å². The van der Waals surface area contributed by atoms with Gasteiger partial charge in [-0.15, -0.1) is 10.2 Å². The van der Waals surface area contributed by atoms with E-state index in [0.717, 1.165) is 54.9 Å². The van der Waals surface area contributed by atoms with Crippen LogP contribution in [-0.4, -0.2) is 51.5 Å². The SMILES string of the molecule is CCCCc1nnc(NC(=O)CCc2nc3cc(S(=O)(=O)N4CCCCC4)ccc3n2C)s1. The van der Waals surface area contributed by atoms with Crippen LogP contribution in [0.25, 0.3) is 11.0 Å². The van der Waals surface area contributed by atoms with Crippen LogP contribution in [0.2, 0.25) is 0 Å². The molecule has 0 spiro atoms. The van der Waals surface area contributed by atoms with Crippen LogP contribution >= 0.6 is 11.3 Å². The van der Waals surface area contributed by atoms with E-state index in [1.807, 2.05) is 11.6 Å². The van der Waals surface area contributed by atoms with Crippen molar-refractivity contribution < 1.29 is 13.2 Å². The van der Waals surface area contributed by atoms with Crippen LogP contribution in [0.1, 0.15) is 56.3 Å². The molecule has 1 saturated heterocycles. The number of rotatable bonds is 9. The number of amides is 1. The second-order valence-corrected chi connectivity index (χ2v) is 11.4. The van der Waals surface area contributed by atoms with Gasteiger partial charge in [-0.2, -0.15) is 4.31 Å². The molecule has 11 heteroatoms. The minimum absolute atomic E-state index is 0.145. The monoisotopic (exact) mass is 490 g/mol. The van der Waals surface area contributed by atoms with Gasteiger partial charge in [0.1, 0.15) is 10.8 Å². The number of carbonyl (C=O) groups is 1. The molecule has 1 N–H and O–H groups in total. The molecule has 4 rings (SSSR count). The van der Waals surface area contributed by atoms with Gasteiger partial charge in [0.15, 0.2) is 0 Å². The number of carbonyl (C=O) groups excluding carboxylic acids is 1. The van der Waals surface area contributed by atoms with Gasteiger partial charge in [0.05, 0.1) is 15.9 Å². The summed E-state index contributed by atoms with van der Waals surface area (Å²) in [4.78, 5) is 17.3. The summed E-state index contributed by atoms with van der Waals surface area (Å²) in [5.74, 6) is 0.585. The third kappa shape index (κ3) is 5.42. The average molecular weight is 491 g/mol. The Morgan fingerprint density at radius 1 is 1.15 bits per heavy atom. The number of imidazole rings is 1. The van der Waals surface area contributed by atoms with Crippen molar-refractivity contribution in [2.75, 3.05) is 18.4 Å². The first-order valence-corrected chi connectivity index (χ1v) is 13.7. The second kappa shape index (κ2) is 10.3. The van der Waals surface area contributed by atoms with Crippen molar-refractivity contribution in [3.8, 4) is 0 Å². The number of anilines is 1. The van der Waals surface area contributed by atoms with Gasteiger partial charge in [-0.1, -0.05) is 31.1 Å². The number of aromatic nitrogens is 4. The smallest absolute Gasteiger partial charge is 0.243 e. The second-order valence-electron chi connectivity index (χ2n) is 8.35. The summed E-state index contributed by atoms with van der Waals surface area (Å²) < 4.78 is 29.5. The maximum Gasteiger partial charge on any atom is 0.243 e. The van der Waals surface area contributed by atoms with E-state index in [1.54, 1.807) is 22.5 Å². The van der Waals surface area contributed by atoms with E-state index in [0.29, 0.717) is 30.2 Å². The number of hydrogen-bond acceptors (Lipinski definition) is 7. The number of nitrogens with one attached hydrogen (secondary N) is 1. The number of benzene rings is 1. The summed E-state index contributed by atoms with van der Waals surface area (Å²) in [7, 11) is -1.63. The number of nitrogens with zero attached hydrogens (tertiary/aromatic N) is 5. The minimum atomic E-state index is -3.51. The molecule has 2 aromatic heterocycles. The van der Waals surface area contributed by atoms with E-state index >= 15 is 0 Å². The van der Waals surface area contributed by atoms with Crippen LogP contribution in [-0.2, 0) is 34.7 Å². The maximum atomic E-state index is 13.0. The van der Waals surface area contributed by atoms with Crippen molar-refractivity contribution in [3.63, 3.8) is 0 Å². The van der Waals surface area contributed by atoms with Gasteiger partial charge < -0.3 is 9.88 Å². The first-order valence-electron chi connectivity index (χ1n) is 11.5. The van der Waals surface area contributed by atoms with Crippen LogP contribution in [0.3, 0.4) is 0 Å². The van der Waals surface area contributed by atoms with Gasteiger partial charge in [0.2, 0.25) is 21.1 Å². The zero-order chi connectivity index (χ0) is 23.4. The van der Waals surface area contributed by atoms with Gasteiger partial charge in [-0.25, -0.2) is 13.4 Å². The van der Waals surface area contributed by atoms with E-state index < -0.39 is 10.0 Å². The summed E-state index contributed by atoms with van der Waals surface area (Å²) in [5.41, 5.74) is 1.46. The lowest BCUT2D eigenvalue weighted by atomic mass is 10.2. The number of piperidine rings is 1. The number of fused-ring (bicyclic) bond motifs is 1. The molecule has 33 heavy (non-hydrogen) atoms. The lowest BCUT2D eigenvalue weighted by Gasteiger charge is -2.25. The molecule has 1 aromatic carbocycles. The molecule has 178 valence electrons. The molecule has 0 atom stereocenters. The summed E-state index contributed by atoms with van der Waals surface area (Å²) in [6, 6.07) is 5.08. The van der Waals surface area contributed by atoms with Gasteiger partial charge in [0.25, 0.3) is 0 Å². The highest BCUT2D eigenvalue weighted by molar-refractivity contribution is 7.89. The minimum Gasteiger partial charge on any atom is -0.331 e. The predicted molar refractivity (Wildman–Crippen MR) is 129 cm³/mol. The standard InChI is InChI=1S/C22H30N6O3S2/c1-3-4-8-21-25-26-22(32-21)24-20(29)12-11-19-23-17-15-16(9-10-18(17)27(19)2)33(30,31)28-13-6-5-7-14-28/h9-10,15H,3-8,11-14H2,1-2H3,(H,24,26,29). The normalized spacial score (nSPS) is 15.2. The molecule has 1 fully saturated rings. The Kier molecular flexibility index (Phi) is 7.40. The molecule has 1 aliphatic heterocycles. The average Bonchev–Trinajstić information content (AvgIpc) is 3.40. The quantitative estimate of drug-likeness (QED) is 0.491. The zero-order valence-corrected chi connectivity index (χ0v) is 20.7. The Bertz CT molecular complexity index is 1230. The van der Waals surface area contributed by atoms with Crippen LogP contribution in [0.5, 0.6) is 0 Å². The Morgan fingerprint density at radius 3 is 2.70 bits per heavy atom. The van der Waals surface area contributed by atoms with Crippen molar-refractivity contribution in [2.45, 2.75) is 63.2 Å². The van der Waals surface area contributed by atoms with Gasteiger partial charge in [0, 0.05) is 39.4 Å². The predicted octanol–water partition coefficient (Wildman–Crippen LogP) is 3.51. The topological polar surface area (TPSA) is 110 Å². The van der Waals surface area contributed by atoms with E-state index in [1.165, 1.54) is 11.3 Å². The van der Waals surface area contributed by atoms with Crippen molar-refractivity contribution in [1.29, 1.82) is 0 Å². The van der Waals surface area contributed by atoms with Crippen molar-refractivity contribution in [1.82, 2.24) is 24.1 Å². The van der Waals surface area contributed by atoms with E-state index in [9.17, 15) is 13.2 Å². The fourth-order valence-electron chi connectivity index (χ4n) is 4.01. The first kappa shape index (κ1) is 23.8. The van der Waals surface area contributed by atoms with Crippen molar-refractivity contribution in [2.24, 2.45) is 7.05 Å². The Hall–Kier alpha value is -2.37. The molecule has 1 aliphatic rings. The molecule has 1 amide bonds. The molecule has 3 heterocycles. The summed E-state index contributed by atoms with van der Waals surface area (Å²) >= 11 is 1.41. The van der Waals surface area contributed by atoms with Crippen molar-refractivity contribution in [3.05, 3.63) is 29.0 Å². The summed E-state index contributed by atoms with van der Waals surface area (Å²) in [6.45, 7) is 3.26. The van der Waals surface area contributed by atoms with Gasteiger partial charge in [-0.05, 0) is 37.5 Å². The van der Waals surface area contributed by atoms with E-state index in [-0.39, 0.29) is 17.2 Å². The molecule has 9 nitrogen and oxygen atoms in total. The summed E-state index contributed by atoms with van der Waals surface area (Å²) in [5, 5.41) is 12.4. The fourth-order valence-corrected chi connectivity index (χ4v) is 6.34. The molecular weight excluding hydrogens is 460 g/mol. The number of sulfonamides is 1. The molecule has 3 aromatic rings.